The average molecular weight is 824 g/mol. The fourth-order valence-electron chi connectivity index (χ4n) is 8.47. The van der Waals surface area contributed by atoms with Gasteiger partial charge in [0.25, 0.3) is 5.91 Å². The van der Waals surface area contributed by atoms with Gasteiger partial charge in [0.2, 0.25) is 0 Å². The Morgan fingerprint density at radius 1 is 0.600 bits per heavy atom. The Hall–Kier alpha value is -4.13. The molecule has 7 nitrogen and oxygen atoms in total. The van der Waals surface area contributed by atoms with Crippen molar-refractivity contribution in [1.29, 1.82) is 0 Å². The number of carbonyl (C=O) groups is 2. The summed E-state index contributed by atoms with van der Waals surface area (Å²) in [6.45, 7) is 9.14. The van der Waals surface area contributed by atoms with Crippen LogP contribution in [0.4, 0.5) is 0 Å². The topological polar surface area (TPSA) is 106 Å². The number of aryl methyl sites for hydroxylation is 2. The SMILES string of the molecule is CCCCCCCCCCCCCCCCCCNC(=O)c1ccc(-c2c3cc(CCCCCC)c(=O)cc-3oc3cc(O)c(CCCCCC)cc23)c(C(=O)OCC)c1. The molecule has 60 heavy (non-hydrogen) atoms. The molecule has 330 valence electrons. The monoisotopic (exact) mass is 824 g/mol. The van der Waals surface area contributed by atoms with Gasteiger partial charge in [-0.25, -0.2) is 4.79 Å². The van der Waals surface area contributed by atoms with Crippen LogP contribution in [0.25, 0.3) is 33.4 Å². The molecule has 0 atom stereocenters. The van der Waals surface area contributed by atoms with Crippen molar-refractivity contribution < 1.29 is 23.8 Å². The Morgan fingerprint density at radius 2 is 1.13 bits per heavy atom. The summed E-state index contributed by atoms with van der Waals surface area (Å²) in [5, 5.41) is 14.9. The Balaban J connectivity index is 1.49. The first kappa shape index (κ1) is 48.5. The first-order chi connectivity index (χ1) is 29.3. The van der Waals surface area contributed by atoms with Gasteiger partial charge in [0, 0.05) is 46.3 Å². The van der Waals surface area contributed by atoms with Crippen molar-refractivity contribution in [3.63, 3.8) is 0 Å². The maximum Gasteiger partial charge on any atom is 0.338 e. The van der Waals surface area contributed by atoms with Crippen LogP contribution in [0.5, 0.6) is 5.75 Å². The molecule has 0 radical (unpaired) electrons. The molecule has 0 spiro atoms. The van der Waals surface area contributed by atoms with E-state index in [0.717, 1.165) is 80.7 Å². The third-order valence-corrected chi connectivity index (χ3v) is 12.1. The van der Waals surface area contributed by atoms with E-state index >= 15 is 0 Å². The Labute approximate surface area is 361 Å². The molecule has 0 saturated heterocycles. The lowest BCUT2D eigenvalue weighted by atomic mass is 9.87. The van der Waals surface area contributed by atoms with Gasteiger partial charge in [0.15, 0.2) is 5.43 Å². The number of esters is 1. The Bertz CT molecular complexity index is 1910. The minimum atomic E-state index is -0.527. The molecule has 1 aliphatic carbocycles. The third-order valence-electron chi connectivity index (χ3n) is 12.1. The molecule has 1 amide bonds. The zero-order valence-corrected chi connectivity index (χ0v) is 37.8. The number of phenols is 1. The maximum atomic E-state index is 13.8. The van der Waals surface area contributed by atoms with Crippen LogP contribution >= 0.6 is 0 Å². The minimum Gasteiger partial charge on any atom is -0.508 e. The largest absolute Gasteiger partial charge is 0.508 e. The lowest BCUT2D eigenvalue weighted by molar-refractivity contribution is 0.0527. The molecule has 1 aliphatic heterocycles. The van der Waals surface area contributed by atoms with E-state index in [9.17, 15) is 19.5 Å². The number of rotatable bonds is 31. The van der Waals surface area contributed by atoms with Crippen molar-refractivity contribution in [1.82, 2.24) is 5.32 Å². The molecule has 4 rings (SSSR count). The van der Waals surface area contributed by atoms with E-state index in [4.69, 9.17) is 9.15 Å². The molecule has 2 N–H and O–H groups in total. The van der Waals surface area contributed by atoms with E-state index in [1.807, 2.05) is 18.2 Å². The number of fused-ring (bicyclic) bond motifs is 2. The van der Waals surface area contributed by atoms with Crippen LogP contribution in [0.1, 0.15) is 214 Å². The van der Waals surface area contributed by atoms with Crippen LogP contribution in [-0.4, -0.2) is 30.1 Å². The van der Waals surface area contributed by atoms with Crippen molar-refractivity contribution in [3.05, 3.63) is 74.9 Å². The predicted octanol–water partition coefficient (Wildman–Crippen LogP) is 14.7. The van der Waals surface area contributed by atoms with Crippen LogP contribution in [0.2, 0.25) is 0 Å². The van der Waals surface area contributed by atoms with Crippen LogP contribution in [0.15, 0.2) is 51.7 Å². The van der Waals surface area contributed by atoms with E-state index in [2.05, 4.69) is 26.1 Å². The van der Waals surface area contributed by atoms with Gasteiger partial charge >= 0.3 is 5.97 Å². The fourth-order valence-corrected chi connectivity index (χ4v) is 8.47. The van der Waals surface area contributed by atoms with E-state index < -0.39 is 5.97 Å². The molecule has 1 heterocycles. The summed E-state index contributed by atoms with van der Waals surface area (Å²) in [5.41, 5.74) is 4.51. The highest BCUT2D eigenvalue weighted by molar-refractivity contribution is 6.09. The highest BCUT2D eigenvalue weighted by Crippen LogP contribution is 2.44. The van der Waals surface area contributed by atoms with Gasteiger partial charge < -0.3 is 19.6 Å². The number of nitrogens with one attached hydrogen (secondary N) is 1. The average Bonchev–Trinajstić information content (AvgIpc) is 3.24. The summed E-state index contributed by atoms with van der Waals surface area (Å²) >= 11 is 0. The molecule has 0 bridgehead atoms. The number of aromatic hydroxyl groups is 1. The van der Waals surface area contributed by atoms with Gasteiger partial charge in [-0.2, -0.15) is 0 Å². The van der Waals surface area contributed by atoms with Crippen molar-refractivity contribution in [3.8, 4) is 28.2 Å². The van der Waals surface area contributed by atoms with Crippen molar-refractivity contribution in [2.24, 2.45) is 0 Å². The van der Waals surface area contributed by atoms with Gasteiger partial charge in [0.1, 0.15) is 17.1 Å². The second-order valence-electron chi connectivity index (χ2n) is 17.1. The summed E-state index contributed by atoms with van der Waals surface area (Å²) in [7, 11) is 0. The van der Waals surface area contributed by atoms with Crippen LogP contribution < -0.4 is 10.7 Å². The number of hydrogen-bond donors (Lipinski definition) is 2. The second kappa shape index (κ2) is 27.7. The lowest BCUT2D eigenvalue weighted by Crippen LogP contribution is -2.25. The summed E-state index contributed by atoms with van der Waals surface area (Å²) in [5.74, 6) is -0.230. The number of carbonyl (C=O) groups excluding carboxylic acids is 2. The van der Waals surface area contributed by atoms with Crippen LogP contribution in [0.3, 0.4) is 0 Å². The predicted molar refractivity (Wildman–Crippen MR) is 250 cm³/mol. The van der Waals surface area contributed by atoms with Gasteiger partial charge in [-0.15, -0.1) is 0 Å². The Kier molecular flexibility index (Phi) is 22.4. The number of phenolic OH excluding ortho intramolecular Hbond substituents is 1. The smallest absolute Gasteiger partial charge is 0.338 e. The minimum absolute atomic E-state index is 0.0909. The standard InChI is InChI=1S/C53H77NO6/c1-5-9-12-15-16-17-18-19-20-21-22-23-24-25-26-29-34-54-52(57)42-32-33-43(44(37-42)53(58)59-8-4)51-45-35-40(30-27-13-10-6-2)47(55)38-49(45)60-50-39-48(56)41(36-46(50)51)31-28-14-11-7-3/h32-33,35-39,55H,5-31,34H2,1-4H3,(H,54,57). The van der Waals surface area contributed by atoms with Gasteiger partial charge in [-0.1, -0.05) is 162 Å². The quantitative estimate of drug-likeness (QED) is 0.0297. The normalized spacial score (nSPS) is 11.5. The summed E-state index contributed by atoms with van der Waals surface area (Å²) < 4.78 is 12.0. The maximum absolute atomic E-state index is 13.8. The molecule has 2 aromatic rings. The molecule has 0 aromatic heterocycles. The zero-order chi connectivity index (χ0) is 43.0. The van der Waals surface area contributed by atoms with Crippen LogP contribution in [-0.2, 0) is 17.6 Å². The number of benzene rings is 3. The fraction of sp³-hybridized carbons (Fsp3) is 0.604. The van der Waals surface area contributed by atoms with Gasteiger partial charge in [0.05, 0.1) is 12.2 Å². The first-order valence-corrected chi connectivity index (χ1v) is 24.2. The third kappa shape index (κ3) is 15.4. The molecule has 0 unspecified atom stereocenters. The van der Waals surface area contributed by atoms with E-state index in [1.54, 1.807) is 25.1 Å². The molecule has 0 fully saturated rings. The van der Waals surface area contributed by atoms with Crippen molar-refractivity contribution in [2.45, 2.75) is 195 Å². The molecule has 2 aliphatic rings. The Morgan fingerprint density at radius 3 is 1.70 bits per heavy atom. The summed E-state index contributed by atoms with van der Waals surface area (Å²) in [6.07, 6.45) is 30.5. The number of ether oxygens (including phenoxy) is 1. The molecule has 2 aromatic carbocycles. The molecular weight excluding hydrogens is 747 g/mol. The summed E-state index contributed by atoms with van der Waals surface area (Å²) in [6, 6.07) is 12.3. The highest BCUT2D eigenvalue weighted by Gasteiger charge is 2.26. The van der Waals surface area contributed by atoms with E-state index in [0.29, 0.717) is 53.0 Å². The molecule has 7 heteroatoms. The van der Waals surface area contributed by atoms with Crippen molar-refractivity contribution in [2.75, 3.05) is 13.2 Å². The molecular formula is C53H77NO6. The molecule has 0 saturated carbocycles. The second-order valence-corrected chi connectivity index (χ2v) is 17.1. The van der Waals surface area contributed by atoms with E-state index in [1.165, 1.54) is 96.0 Å². The number of hydrogen-bond acceptors (Lipinski definition) is 6. The zero-order valence-electron chi connectivity index (χ0n) is 37.8. The van der Waals surface area contributed by atoms with E-state index in [-0.39, 0.29) is 29.3 Å². The highest BCUT2D eigenvalue weighted by atomic mass is 16.5. The summed E-state index contributed by atoms with van der Waals surface area (Å²) in [4.78, 5) is 40.7. The lowest BCUT2D eigenvalue weighted by Gasteiger charge is -2.20. The number of amides is 1. The van der Waals surface area contributed by atoms with Gasteiger partial charge in [-0.3, -0.25) is 9.59 Å². The first-order valence-electron chi connectivity index (χ1n) is 24.2. The number of unbranched alkanes of at least 4 members (excludes halogenated alkanes) is 21. The van der Waals surface area contributed by atoms with Crippen molar-refractivity contribution >= 4 is 22.8 Å². The van der Waals surface area contributed by atoms with Gasteiger partial charge in [-0.05, 0) is 74.4 Å². The van der Waals surface area contributed by atoms with Crippen LogP contribution in [0, 0.1) is 0 Å².